The zero-order valence-corrected chi connectivity index (χ0v) is 11.2. The van der Waals surface area contributed by atoms with Gasteiger partial charge in [-0.05, 0) is 37.5 Å². The number of urea groups is 1. The second-order valence-electron chi connectivity index (χ2n) is 5.41. The molecule has 100 valence electrons. The van der Waals surface area contributed by atoms with E-state index in [4.69, 9.17) is 5.11 Å². The Hall–Kier alpha value is -0.770. The van der Waals surface area contributed by atoms with Crippen molar-refractivity contribution in [3.63, 3.8) is 0 Å². The van der Waals surface area contributed by atoms with E-state index in [9.17, 15) is 4.79 Å². The molecule has 4 heteroatoms. The fraction of sp³-hybridized carbons (Fsp3) is 0.923. The monoisotopic (exact) mass is 242 g/mol. The first kappa shape index (κ1) is 14.3. The first-order valence-corrected chi connectivity index (χ1v) is 6.74. The molecule has 0 aliphatic heterocycles. The number of hydrogen-bond acceptors (Lipinski definition) is 2. The molecule has 4 nitrogen and oxygen atoms in total. The molecule has 2 amide bonds. The summed E-state index contributed by atoms with van der Waals surface area (Å²) in [5, 5.41) is 14.8. The molecule has 1 rings (SSSR count). The van der Waals surface area contributed by atoms with Gasteiger partial charge in [0.05, 0.1) is 12.6 Å². The number of carbonyl (C=O) groups is 1. The number of aliphatic hydroxyl groups excluding tert-OH is 1. The van der Waals surface area contributed by atoms with E-state index in [1.165, 1.54) is 12.8 Å². The van der Waals surface area contributed by atoms with E-state index in [0.717, 1.165) is 18.8 Å². The minimum atomic E-state index is -0.141. The van der Waals surface area contributed by atoms with Gasteiger partial charge in [0.1, 0.15) is 0 Å². The van der Waals surface area contributed by atoms with Gasteiger partial charge in [-0.25, -0.2) is 4.79 Å². The Morgan fingerprint density at radius 3 is 2.65 bits per heavy atom. The lowest BCUT2D eigenvalue weighted by Crippen LogP contribution is -2.50. The number of carbonyl (C=O) groups excluding carboxylic acids is 1. The highest BCUT2D eigenvalue weighted by atomic mass is 16.3. The molecule has 1 aliphatic rings. The zero-order valence-electron chi connectivity index (χ0n) is 11.2. The molecule has 4 unspecified atom stereocenters. The maximum Gasteiger partial charge on any atom is 0.315 e. The Morgan fingerprint density at radius 2 is 2.12 bits per heavy atom. The van der Waals surface area contributed by atoms with Crippen molar-refractivity contribution < 1.29 is 9.90 Å². The summed E-state index contributed by atoms with van der Waals surface area (Å²) in [7, 11) is 0. The SMILES string of the molecule is CCC(CO)NC(=O)NC1CCC(C)CC1C. The Bertz CT molecular complexity index is 242. The Balaban J connectivity index is 2.35. The summed E-state index contributed by atoms with van der Waals surface area (Å²) < 4.78 is 0. The molecule has 1 fully saturated rings. The van der Waals surface area contributed by atoms with Crippen LogP contribution in [0.5, 0.6) is 0 Å². The fourth-order valence-corrected chi connectivity index (χ4v) is 2.55. The Labute approximate surface area is 104 Å². The standard InChI is InChI=1S/C13H26N2O2/c1-4-11(8-16)14-13(17)15-12-6-5-9(2)7-10(12)3/h9-12,16H,4-8H2,1-3H3,(H2,14,15,17). The van der Waals surface area contributed by atoms with Crippen LogP contribution in [0.1, 0.15) is 46.5 Å². The molecule has 0 aromatic rings. The van der Waals surface area contributed by atoms with Crippen molar-refractivity contribution in [1.82, 2.24) is 10.6 Å². The van der Waals surface area contributed by atoms with Gasteiger partial charge in [0.2, 0.25) is 0 Å². The van der Waals surface area contributed by atoms with E-state index < -0.39 is 0 Å². The molecule has 4 atom stereocenters. The normalized spacial score (nSPS) is 30.7. The third-order valence-electron chi connectivity index (χ3n) is 3.80. The maximum atomic E-state index is 11.7. The minimum Gasteiger partial charge on any atom is -0.394 e. The number of aliphatic hydroxyl groups is 1. The highest BCUT2D eigenvalue weighted by Crippen LogP contribution is 2.28. The van der Waals surface area contributed by atoms with Gasteiger partial charge in [0, 0.05) is 6.04 Å². The predicted molar refractivity (Wildman–Crippen MR) is 68.8 cm³/mol. The minimum absolute atomic E-state index is 0.00116. The summed E-state index contributed by atoms with van der Waals surface area (Å²) in [5.41, 5.74) is 0. The topological polar surface area (TPSA) is 61.4 Å². The predicted octanol–water partition coefficient (Wildman–Crippen LogP) is 1.88. The smallest absolute Gasteiger partial charge is 0.315 e. The molecule has 0 aromatic heterocycles. The number of hydrogen-bond donors (Lipinski definition) is 3. The van der Waals surface area contributed by atoms with Crippen molar-refractivity contribution in [2.45, 2.75) is 58.5 Å². The lowest BCUT2D eigenvalue weighted by Gasteiger charge is -2.33. The highest BCUT2D eigenvalue weighted by Gasteiger charge is 2.26. The van der Waals surface area contributed by atoms with E-state index in [-0.39, 0.29) is 24.7 Å². The molecule has 17 heavy (non-hydrogen) atoms. The summed E-state index contributed by atoms with van der Waals surface area (Å²) in [6.07, 6.45) is 4.18. The van der Waals surface area contributed by atoms with Gasteiger partial charge in [-0.15, -0.1) is 0 Å². The van der Waals surface area contributed by atoms with Crippen molar-refractivity contribution in [1.29, 1.82) is 0 Å². The molecular weight excluding hydrogens is 216 g/mol. The Kier molecular flexibility index (Phi) is 5.75. The van der Waals surface area contributed by atoms with E-state index >= 15 is 0 Å². The summed E-state index contributed by atoms with van der Waals surface area (Å²) >= 11 is 0. The van der Waals surface area contributed by atoms with Crippen LogP contribution in [0, 0.1) is 11.8 Å². The molecule has 0 heterocycles. The van der Waals surface area contributed by atoms with Crippen molar-refractivity contribution in [3.05, 3.63) is 0 Å². The summed E-state index contributed by atoms with van der Waals surface area (Å²) in [4.78, 5) is 11.7. The molecule has 0 saturated heterocycles. The van der Waals surface area contributed by atoms with E-state index in [1.54, 1.807) is 0 Å². The van der Waals surface area contributed by atoms with Crippen LogP contribution in [-0.4, -0.2) is 29.8 Å². The van der Waals surface area contributed by atoms with Gasteiger partial charge in [-0.1, -0.05) is 20.8 Å². The van der Waals surface area contributed by atoms with Crippen LogP contribution in [0.4, 0.5) is 4.79 Å². The molecule has 0 bridgehead atoms. The summed E-state index contributed by atoms with van der Waals surface area (Å²) in [6.45, 7) is 6.42. The summed E-state index contributed by atoms with van der Waals surface area (Å²) in [6, 6.07) is 0.00697. The average Bonchev–Trinajstić information content (AvgIpc) is 2.29. The van der Waals surface area contributed by atoms with Gasteiger partial charge in [-0.2, -0.15) is 0 Å². The lowest BCUT2D eigenvalue weighted by molar-refractivity contribution is 0.193. The van der Waals surface area contributed by atoms with Gasteiger partial charge in [0.25, 0.3) is 0 Å². The Morgan fingerprint density at radius 1 is 1.41 bits per heavy atom. The van der Waals surface area contributed by atoms with Crippen molar-refractivity contribution >= 4 is 6.03 Å². The van der Waals surface area contributed by atoms with Gasteiger partial charge < -0.3 is 15.7 Å². The van der Waals surface area contributed by atoms with Crippen molar-refractivity contribution in [3.8, 4) is 0 Å². The second kappa shape index (κ2) is 6.84. The maximum absolute atomic E-state index is 11.7. The molecule has 0 spiro atoms. The first-order chi connectivity index (χ1) is 8.06. The molecule has 0 aromatic carbocycles. The van der Waals surface area contributed by atoms with Crippen LogP contribution in [-0.2, 0) is 0 Å². The molecule has 1 aliphatic carbocycles. The third-order valence-corrected chi connectivity index (χ3v) is 3.80. The molecule has 1 saturated carbocycles. The zero-order chi connectivity index (χ0) is 12.8. The average molecular weight is 242 g/mol. The molecular formula is C13H26N2O2. The number of nitrogens with one attached hydrogen (secondary N) is 2. The largest absolute Gasteiger partial charge is 0.394 e. The van der Waals surface area contributed by atoms with Gasteiger partial charge in [-0.3, -0.25) is 0 Å². The lowest BCUT2D eigenvalue weighted by atomic mass is 9.80. The number of amides is 2. The van der Waals surface area contributed by atoms with Crippen molar-refractivity contribution in [2.24, 2.45) is 11.8 Å². The van der Waals surface area contributed by atoms with Crippen LogP contribution in [0.3, 0.4) is 0 Å². The quantitative estimate of drug-likeness (QED) is 0.705. The molecule has 0 radical (unpaired) electrons. The van der Waals surface area contributed by atoms with Crippen LogP contribution in [0.2, 0.25) is 0 Å². The van der Waals surface area contributed by atoms with Gasteiger partial charge >= 0.3 is 6.03 Å². The van der Waals surface area contributed by atoms with Crippen LogP contribution in [0.25, 0.3) is 0 Å². The van der Waals surface area contributed by atoms with Crippen LogP contribution < -0.4 is 10.6 Å². The van der Waals surface area contributed by atoms with Crippen molar-refractivity contribution in [2.75, 3.05) is 6.61 Å². The fourth-order valence-electron chi connectivity index (χ4n) is 2.55. The van der Waals surface area contributed by atoms with Crippen LogP contribution >= 0.6 is 0 Å². The van der Waals surface area contributed by atoms with E-state index in [1.807, 2.05) is 6.92 Å². The highest BCUT2D eigenvalue weighted by molar-refractivity contribution is 5.74. The van der Waals surface area contributed by atoms with Crippen LogP contribution in [0.15, 0.2) is 0 Å². The number of rotatable bonds is 4. The third kappa shape index (κ3) is 4.54. The second-order valence-corrected chi connectivity index (χ2v) is 5.41. The first-order valence-electron chi connectivity index (χ1n) is 6.74. The summed E-state index contributed by atoms with van der Waals surface area (Å²) in [5.74, 6) is 1.31. The van der Waals surface area contributed by atoms with E-state index in [0.29, 0.717) is 5.92 Å². The molecule has 3 N–H and O–H groups in total. The van der Waals surface area contributed by atoms with Gasteiger partial charge in [0.15, 0.2) is 0 Å². The van der Waals surface area contributed by atoms with E-state index in [2.05, 4.69) is 24.5 Å².